The van der Waals surface area contributed by atoms with Crippen LogP contribution in [0.4, 0.5) is 5.82 Å². The van der Waals surface area contributed by atoms with Crippen LogP contribution in [-0.4, -0.2) is 43.1 Å². The first-order valence-electron chi connectivity index (χ1n) is 5.80. The van der Waals surface area contributed by atoms with Crippen molar-refractivity contribution < 1.29 is 0 Å². The number of aryl methyl sites for hydroxylation is 1. The van der Waals surface area contributed by atoms with Gasteiger partial charge >= 0.3 is 0 Å². The van der Waals surface area contributed by atoms with Crippen molar-refractivity contribution in [2.75, 3.05) is 38.1 Å². The minimum atomic E-state index is 0.571. The lowest BCUT2D eigenvalue weighted by Gasteiger charge is -2.34. The molecule has 0 spiro atoms. The Morgan fingerprint density at radius 2 is 2.00 bits per heavy atom. The largest absolute Gasteiger partial charge is 0.354 e. The number of rotatable bonds is 2. The van der Waals surface area contributed by atoms with Crippen molar-refractivity contribution in [2.45, 2.75) is 13.5 Å². The molecule has 1 aromatic rings. The fourth-order valence-corrected chi connectivity index (χ4v) is 2.12. The van der Waals surface area contributed by atoms with E-state index in [4.69, 9.17) is 5.73 Å². The summed E-state index contributed by atoms with van der Waals surface area (Å²) in [6.45, 7) is 6.95. The van der Waals surface area contributed by atoms with Crippen LogP contribution in [0.5, 0.6) is 0 Å². The zero-order valence-electron chi connectivity index (χ0n) is 10.1. The third-order valence-electron chi connectivity index (χ3n) is 3.27. The molecule has 1 aliphatic rings. The highest BCUT2D eigenvalue weighted by molar-refractivity contribution is 5.50. The monoisotopic (exact) mass is 220 g/mol. The van der Waals surface area contributed by atoms with E-state index in [1.165, 1.54) is 11.1 Å². The zero-order chi connectivity index (χ0) is 11.5. The second-order valence-corrected chi connectivity index (χ2v) is 4.42. The summed E-state index contributed by atoms with van der Waals surface area (Å²) in [6.07, 6.45) is 1.88. The molecule has 16 heavy (non-hydrogen) atoms. The molecule has 4 heteroatoms. The molecule has 0 atom stereocenters. The molecular weight excluding hydrogens is 200 g/mol. The first-order valence-corrected chi connectivity index (χ1v) is 5.80. The maximum atomic E-state index is 5.81. The van der Waals surface area contributed by atoms with Crippen molar-refractivity contribution in [3.63, 3.8) is 0 Å². The third kappa shape index (κ3) is 2.18. The summed E-state index contributed by atoms with van der Waals surface area (Å²) in [4.78, 5) is 9.17. The minimum absolute atomic E-state index is 0.571. The van der Waals surface area contributed by atoms with Gasteiger partial charge in [0.1, 0.15) is 5.82 Å². The van der Waals surface area contributed by atoms with E-state index in [0.29, 0.717) is 6.54 Å². The molecule has 0 amide bonds. The number of nitrogens with two attached hydrogens (primary N) is 1. The van der Waals surface area contributed by atoms with E-state index in [0.717, 1.165) is 32.0 Å². The van der Waals surface area contributed by atoms with Gasteiger partial charge in [0.2, 0.25) is 0 Å². The number of anilines is 1. The highest BCUT2D eigenvalue weighted by Gasteiger charge is 2.18. The van der Waals surface area contributed by atoms with Gasteiger partial charge in [0, 0.05) is 44.5 Å². The first-order chi connectivity index (χ1) is 7.72. The smallest absolute Gasteiger partial charge is 0.133 e. The van der Waals surface area contributed by atoms with Gasteiger partial charge in [-0.2, -0.15) is 0 Å². The van der Waals surface area contributed by atoms with Gasteiger partial charge in [-0.15, -0.1) is 0 Å². The van der Waals surface area contributed by atoms with Gasteiger partial charge in [0.15, 0.2) is 0 Å². The van der Waals surface area contributed by atoms with Crippen LogP contribution in [-0.2, 0) is 6.54 Å². The standard InChI is InChI=1S/C12H20N4/c1-10-3-4-14-12(11(10)9-13)16-7-5-15(2)6-8-16/h3-4H,5-9,13H2,1-2H3. The molecule has 0 saturated carbocycles. The van der Waals surface area contributed by atoms with Crippen LogP contribution in [0, 0.1) is 6.92 Å². The lowest BCUT2D eigenvalue weighted by Crippen LogP contribution is -2.45. The van der Waals surface area contributed by atoms with Crippen molar-refractivity contribution in [1.82, 2.24) is 9.88 Å². The average Bonchev–Trinajstić information content (AvgIpc) is 2.30. The minimum Gasteiger partial charge on any atom is -0.354 e. The van der Waals surface area contributed by atoms with Crippen LogP contribution >= 0.6 is 0 Å². The molecule has 2 heterocycles. The number of nitrogens with zero attached hydrogens (tertiary/aromatic N) is 3. The van der Waals surface area contributed by atoms with E-state index in [1.807, 2.05) is 12.3 Å². The molecule has 1 aliphatic heterocycles. The van der Waals surface area contributed by atoms with E-state index in [-0.39, 0.29) is 0 Å². The molecule has 2 rings (SSSR count). The summed E-state index contributed by atoms with van der Waals surface area (Å²) in [5.74, 6) is 1.08. The Kier molecular flexibility index (Phi) is 3.41. The average molecular weight is 220 g/mol. The van der Waals surface area contributed by atoms with Crippen molar-refractivity contribution in [1.29, 1.82) is 0 Å². The molecule has 0 unspecified atom stereocenters. The van der Waals surface area contributed by atoms with Gasteiger partial charge in [-0.3, -0.25) is 0 Å². The number of hydrogen-bond acceptors (Lipinski definition) is 4. The van der Waals surface area contributed by atoms with Crippen LogP contribution in [0.15, 0.2) is 12.3 Å². The fourth-order valence-electron chi connectivity index (χ4n) is 2.12. The fraction of sp³-hybridized carbons (Fsp3) is 0.583. The Morgan fingerprint density at radius 1 is 1.31 bits per heavy atom. The van der Waals surface area contributed by atoms with E-state index in [9.17, 15) is 0 Å². The van der Waals surface area contributed by atoms with E-state index >= 15 is 0 Å². The topological polar surface area (TPSA) is 45.4 Å². The quantitative estimate of drug-likeness (QED) is 0.793. The van der Waals surface area contributed by atoms with Crippen LogP contribution in [0.1, 0.15) is 11.1 Å². The molecule has 4 nitrogen and oxygen atoms in total. The predicted octanol–water partition coefficient (Wildman–Crippen LogP) is 0.601. The summed E-state index contributed by atoms with van der Waals surface area (Å²) >= 11 is 0. The van der Waals surface area contributed by atoms with Crippen molar-refractivity contribution >= 4 is 5.82 Å². The van der Waals surface area contributed by atoms with E-state index in [1.54, 1.807) is 0 Å². The highest BCUT2D eigenvalue weighted by atomic mass is 15.3. The van der Waals surface area contributed by atoms with E-state index in [2.05, 4.69) is 28.8 Å². The Labute approximate surface area is 97.1 Å². The Morgan fingerprint density at radius 3 is 2.62 bits per heavy atom. The second kappa shape index (κ2) is 4.80. The molecule has 0 radical (unpaired) electrons. The molecule has 1 saturated heterocycles. The number of likely N-dealkylation sites (N-methyl/N-ethyl adjacent to an activating group) is 1. The van der Waals surface area contributed by atoms with Gasteiger partial charge in [-0.05, 0) is 25.6 Å². The molecule has 0 aliphatic carbocycles. The van der Waals surface area contributed by atoms with Crippen molar-refractivity contribution in [3.8, 4) is 0 Å². The lowest BCUT2D eigenvalue weighted by atomic mass is 10.1. The van der Waals surface area contributed by atoms with Crippen LogP contribution in [0.3, 0.4) is 0 Å². The summed E-state index contributed by atoms with van der Waals surface area (Å²) in [6, 6.07) is 2.03. The van der Waals surface area contributed by atoms with E-state index < -0.39 is 0 Å². The predicted molar refractivity (Wildman–Crippen MR) is 66.6 cm³/mol. The van der Waals surface area contributed by atoms with Crippen molar-refractivity contribution in [2.24, 2.45) is 5.73 Å². The molecule has 0 aromatic carbocycles. The normalized spacial score (nSPS) is 17.8. The van der Waals surface area contributed by atoms with Gasteiger partial charge < -0.3 is 15.5 Å². The Hall–Kier alpha value is -1.13. The van der Waals surface area contributed by atoms with Crippen LogP contribution in [0.2, 0.25) is 0 Å². The highest BCUT2D eigenvalue weighted by Crippen LogP contribution is 2.21. The van der Waals surface area contributed by atoms with Crippen molar-refractivity contribution in [3.05, 3.63) is 23.4 Å². The number of hydrogen-bond donors (Lipinski definition) is 1. The number of piperazine rings is 1. The SMILES string of the molecule is Cc1ccnc(N2CCN(C)CC2)c1CN. The zero-order valence-corrected chi connectivity index (χ0v) is 10.1. The number of aromatic nitrogens is 1. The number of pyridine rings is 1. The third-order valence-corrected chi connectivity index (χ3v) is 3.27. The summed E-state index contributed by atoms with van der Waals surface area (Å²) in [7, 11) is 2.16. The van der Waals surface area contributed by atoms with Gasteiger partial charge in [0.25, 0.3) is 0 Å². The molecule has 1 aromatic heterocycles. The van der Waals surface area contributed by atoms with Crippen LogP contribution in [0.25, 0.3) is 0 Å². The summed E-state index contributed by atoms with van der Waals surface area (Å²) in [5.41, 5.74) is 8.24. The van der Waals surface area contributed by atoms with Crippen LogP contribution < -0.4 is 10.6 Å². The Balaban J connectivity index is 2.23. The molecule has 2 N–H and O–H groups in total. The molecule has 88 valence electrons. The van der Waals surface area contributed by atoms with Gasteiger partial charge in [0.05, 0.1) is 0 Å². The Bertz CT molecular complexity index is 356. The molecule has 1 fully saturated rings. The lowest BCUT2D eigenvalue weighted by molar-refractivity contribution is 0.312. The summed E-state index contributed by atoms with van der Waals surface area (Å²) in [5, 5.41) is 0. The molecular formula is C12H20N4. The molecule has 0 bridgehead atoms. The maximum absolute atomic E-state index is 5.81. The first kappa shape index (κ1) is 11.4. The second-order valence-electron chi connectivity index (χ2n) is 4.42. The van der Waals surface area contributed by atoms with Gasteiger partial charge in [-0.25, -0.2) is 4.98 Å². The maximum Gasteiger partial charge on any atom is 0.133 e. The summed E-state index contributed by atoms with van der Waals surface area (Å²) < 4.78 is 0. The van der Waals surface area contributed by atoms with Gasteiger partial charge in [-0.1, -0.05) is 0 Å².